The van der Waals surface area contributed by atoms with Crippen LogP contribution in [-0.2, 0) is 0 Å². The summed E-state index contributed by atoms with van der Waals surface area (Å²) < 4.78 is 0. The molecule has 0 aliphatic carbocycles. The molecule has 0 spiro atoms. The Hall–Kier alpha value is -1.80. The summed E-state index contributed by atoms with van der Waals surface area (Å²) in [4.78, 5) is 6.18. The van der Waals surface area contributed by atoms with Crippen molar-refractivity contribution in [2.45, 2.75) is 31.1 Å². The van der Waals surface area contributed by atoms with E-state index in [0.29, 0.717) is 0 Å². The highest BCUT2D eigenvalue weighted by Crippen LogP contribution is 2.31. The quantitative estimate of drug-likeness (QED) is 0.398. The lowest BCUT2D eigenvalue weighted by Gasteiger charge is -2.09. The van der Waals surface area contributed by atoms with Gasteiger partial charge in [0.05, 0.1) is 11.2 Å². The van der Waals surface area contributed by atoms with Crippen LogP contribution in [0.2, 0.25) is 0 Å². The van der Waals surface area contributed by atoms with Crippen LogP contribution in [0, 0.1) is 0 Å². The van der Waals surface area contributed by atoms with Crippen LogP contribution in [0.25, 0.3) is 22.2 Å². The largest absolute Gasteiger partial charge is 0.248 e. The molecule has 1 nitrogen and oxygen atoms in total. The molecule has 0 saturated carbocycles. The minimum Gasteiger partial charge on any atom is -0.248 e. The molecular weight excluding hydrogens is 286 g/mol. The van der Waals surface area contributed by atoms with E-state index in [4.69, 9.17) is 4.98 Å². The lowest BCUT2D eigenvalue weighted by molar-refractivity contribution is 0.778. The fourth-order valence-electron chi connectivity index (χ4n) is 2.55. The van der Waals surface area contributed by atoms with E-state index in [1.807, 2.05) is 17.8 Å². The molecule has 2 heteroatoms. The molecule has 3 aromatic rings. The Bertz CT molecular complexity index is 737. The van der Waals surface area contributed by atoms with Crippen LogP contribution in [0.15, 0.2) is 65.6 Å². The number of nitrogens with zero attached hydrogens (tertiary/aromatic N) is 1. The second-order valence-corrected chi connectivity index (χ2v) is 6.58. The Labute approximate surface area is 136 Å². The molecule has 2 aromatic carbocycles. The molecule has 22 heavy (non-hydrogen) atoms. The van der Waals surface area contributed by atoms with Crippen molar-refractivity contribution >= 4 is 22.7 Å². The number of benzene rings is 2. The highest BCUT2D eigenvalue weighted by atomic mass is 32.2. The predicted molar refractivity (Wildman–Crippen MR) is 97.4 cm³/mol. The standard InChI is InChI=1S/C20H21NS/c1-2-3-9-14-22-20-15-19(16-10-5-4-6-11-16)21-18-13-8-7-12-17(18)20/h4-8,10-13,15H,2-3,9,14H2,1H3. The normalized spacial score (nSPS) is 11.0. The van der Waals surface area contributed by atoms with Crippen LogP contribution in [0.5, 0.6) is 0 Å². The van der Waals surface area contributed by atoms with Gasteiger partial charge in [0.15, 0.2) is 0 Å². The molecule has 1 aromatic heterocycles. The van der Waals surface area contributed by atoms with Gasteiger partial charge < -0.3 is 0 Å². The number of unbranched alkanes of at least 4 members (excludes halogenated alkanes) is 2. The molecule has 0 aliphatic heterocycles. The van der Waals surface area contributed by atoms with Gasteiger partial charge in [0.25, 0.3) is 0 Å². The average Bonchev–Trinajstić information content (AvgIpc) is 2.59. The number of hydrogen-bond donors (Lipinski definition) is 0. The van der Waals surface area contributed by atoms with Gasteiger partial charge in [-0.25, -0.2) is 4.98 Å². The van der Waals surface area contributed by atoms with Crippen molar-refractivity contribution in [2.24, 2.45) is 0 Å². The van der Waals surface area contributed by atoms with Crippen LogP contribution in [0.1, 0.15) is 26.2 Å². The van der Waals surface area contributed by atoms with E-state index in [-0.39, 0.29) is 0 Å². The molecule has 0 N–H and O–H groups in total. The smallest absolute Gasteiger partial charge is 0.0720 e. The molecule has 1 heterocycles. The van der Waals surface area contributed by atoms with E-state index in [0.717, 1.165) is 11.2 Å². The second-order valence-electron chi connectivity index (χ2n) is 5.44. The van der Waals surface area contributed by atoms with Crippen molar-refractivity contribution in [3.8, 4) is 11.3 Å². The average molecular weight is 307 g/mol. The van der Waals surface area contributed by atoms with Crippen molar-refractivity contribution in [1.29, 1.82) is 0 Å². The molecule has 0 atom stereocenters. The monoisotopic (exact) mass is 307 g/mol. The molecule has 0 unspecified atom stereocenters. The van der Waals surface area contributed by atoms with E-state index in [1.165, 1.54) is 40.9 Å². The highest BCUT2D eigenvalue weighted by Gasteiger charge is 2.07. The van der Waals surface area contributed by atoms with Crippen molar-refractivity contribution in [2.75, 3.05) is 5.75 Å². The van der Waals surface area contributed by atoms with Gasteiger partial charge >= 0.3 is 0 Å². The van der Waals surface area contributed by atoms with Gasteiger partial charge in [0, 0.05) is 15.8 Å². The third-order valence-corrected chi connectivity index (χ3v) is 4.89. The maximum absolute atomic E-state index is 4.84. The molecule has 0 bridgehead atoms. The highest BCUT2D eigenvalue weighted by molar-refractivity contribution is 7.99. The summed E-state index contributed by atoms with van der Waals surface area (Å²) in [7, 11) is 0. The number of thioether (sulfide) groups is 1. The van der Waals surface area contributed by atoms with Crippen LogP contribution >= 0.6 is 11.8 Å². The fraction of sp³-hybridized carbons (Fsp3) is 0.250. The van der Waals surface area contributed by atoms with Crippen molar-refractivity contribution in [3.05, 3.63) is 60.7 Å². The fourth-order valence-corrected chi connectivity index (χ4v) is 3.65. The van der Waals surface area contributed by atoms with E-state index in [2.05, 4.69) is 61.5 Å². The summed E-state index contributed by atoms with van der Waals surface area (Å²) in [6, 6.07) is 21.1. The Balaban J connectivity index is 1.97. The van der Waals surface area contributed by atoms with Crippen LogP contribution in [0.3, 0.4) is 0 Å². The zero-order valence-corrected chi connectivity index (χ0v) is 13.8. The molecule has 0 fully saturated rings. The van der Waals surface area contributed by atoms with Gasteiger partial charge in [-0.15, -0.1) is 11.8 Å². The van der Waals surface area contributed by atoms with Gasteiger partial charge in [0.1, 0.15) is 0 Å². The molecule has 0 amide bonds. The first kappa shape index (κ1) is 15.1. The maximum atomic E-state index is 4.84. The van der Waals surface area contributed by atoms with Crippen LogP contribution < -0.4 is 0 Å². The minimum absolute atomic E-state index is 1.07. The topological polar surface area (TPSA) is 12.9 Å². The first-order valence-electron chi connectivity index (χ1n) is 7.96. The number of fused-ring (bicyclic) bond motifs is 1. The molecular formula is C20H21NS. The third kappa shape index (κ3) is 3.50. The van der Waals surface area contributed by atoms with Gasteiger partial charge in [-0.2, -0.15) is 0 Å². The van der Waals surface area contributed by atoms with Gasteiger partial charge in [0.2, 0.25) is 0 Å². The van der Waals surface area contributed by atoms with Crippen molar-refractivity contribution in [1.82, 2.24) is 4.98 Å². The summed E-state index contributed by atoms with van der Waals surface area (Å²) in [5.74, 6) is 1.18. The van der Waals surface area contributed by atoms with Crippen LogP contribution in [-0.4, -0.2) is 10.7 Å². The summed E-state index contributed by atoms with van der Waals surface area (Å²) in [6.07, 6.45) is 3.85. The summed E-state index contributed by atoms with van der Waals surface area (Å²) in [5.41, 5.74) is 3.34. The van der Waals surface area contributed by atoms with Crippen LogP contribution in [0.4, 0.5) is 0 Å². The predicted octanol–water partition coefficient (Wildman–Crippen LogP) is 6.18. The Morgan fingerprint density at radius 3 is 2.50 bits per heavy atom. The van der Waals surface area contributed by atoms with E-state index in [1.54, 1.807) is 0 Å². The zero-order chi connectivity index (χ0) is 15.2. The molecule has 0 radical (unpaired) electrons. The Morgan fingerprint density at radius 1 is 0.909 bits per heavy atom. The Kier molecular flexibility index (Phi) is 5.12. The first-order chi connectivity index (χ1) is 10.9. The Morgan fingerprint density at radius 2 is 1.68 bits per heavy atom. The summed E-state index contributed by atoms with van der Waals surface area (Å²) >= 11 is 1.96. The number of para-hydroxylation sites is 1. The number of pyridine rings is 1. The van der Waals surface area contributed by atoms with Gasteiger partial charge in [-0.05, 0) is 24.3 Å². The van der Waals surface area contributed by atoms with Gasteiger partial charge in [-0.3, -0.25) is 0 Å². The summed E-state index contributed by atoms with van der Waals surface area (Å²) in [6.45, 7) is 2.25. The van der Waals surface area contributed by atoms with Crippen molar-refractivity contribution in [3.63, 3.8) is 0 Å². The summed E-state index contributed by atoms with van der Waals surface area (Å²) in [5, 5.41) is 1.27. The van der Waals surface area contributed by atoms with E-state index in [9.17, 15) is 0 Å². The SMILES string of the molecule is CCCCCSc1cc(-c2ccccc2)nc2ccccc12. The number of rotatable bonds is 6. The second kappa shape index (κ2) is 7.46. The maximum Gasteiger partial charge on any atom is 0.0720 e. The van der Waals surface area contributed by atoms with E-state index >= 15 is 0 Å². The zero-order valence-electron chi connectivity index (χ0n) is 13.0. The molecule has 0 aliphatic rings. The van der Waals surface area contributed by atoms with E-state index < -0.39 is 0 Å². The lowest BCUT2D eigenvalue weighted by atomic mass is 10.1. The number of hydrogen-bond acceptors (Lipinski definition) is 2. The minimum atomic E-state index is 1.07. The van der Waals surface area contributed by atoms with Gasteiger partial charge in [-0.1, -0.05) is 68.3 Å². The molecule has 3 rings (SSSR count). The lowest BCUT2D eigenvalue weighted by Crippen LogP contribution is -1.89. The first-order valence-corrected chi connectivity index (χ1v) is 8.95. The molecule has 0 saturated heterocycles. The molecule has 112 valence electrons. The third-order valence-electron chi connectivity index (χ3n) is 3.75. The van der Waals surface area contributed by atoms with Crippen molar-refractivity contribution < 1.29 is 0 Å². The number of aromatic nitrogens is 1.